The highest BCUT2D eigenvalue weighted by atomic mass is 35.5. The molecule has 1 amide bonds. The molecule has 0 saturated heterocycles. The number of benzene rings is 1. The molecule has 2 N–H and O–H groups in total. The fourth-order valence-electron chi connectivity index (χ4n) is 1.84. The molecule has 1 aromatic carbocycles. The van der Waals surface area contributed by atoms with E-state index in [1.54, 1.807) is 18.4 Å². The van der Waals surface area contributed by atoms with Gasteiger partial charge in [-0.05, 0) is 30.7 Å². The molecule has 1 heterocycles. The number of hydrogen-bond acceptors (Lipinski definition) is 4. The number of methoxy groups -OCH3 is 1. The molecular formula is C15H17ClN2O2S. The fraction of sp³-hybridized carbons (Fsp3) is 0.267. The first-order valence-corrected chi connectivity index (χ1v) is 7.76. The normalized spacial score (nSPS) is 10.4. The molecule has 0 aliphatic rings. The maximum atomic E-state index is 11.8. The molecule has 0 bridgehead atoms. The minimum atomic E-state index is -0.0938. The summed E-state index contributed by atoms with van der Waals surface area (Å²) in [7, 11) is 1.58. The van der Waals surface area contributed by atoms with E-state index in [1.807, 2.05) is 36.4 Å². The van der Waals surface area contributed by atoms with Crippen LogP contribution in [-0.4, -0.2) is 26.1 Å². The van der Waals surface area contributed by atoms with Gasteiger partial charge in [0.2, 0.25) is 5.91 Å². The number of nitrogens with one attached hydrogen (secondary N) is 2. The lowest BCUT2D eigenvalue weighted by Gasteiger charge is -2.10. The maximum Gasteiger partial charge on any atom is 0.238 e. The van der Waals surface area contributed by atoms with Crippen LogP contribution in [0.15, 0.2) is 36.4 Å². The summed E-state index contributed by atoms with van der Waals surface area (Å²) in [5.74, 6) is 0.558. The van der Waals surface area contributed by atoms with E-state index >= 15 is 0 Å². The molecule has 0 saturated carbocycles. The van der Waals surface area contributed by atoms with Gasteiger partial charge in [0, 0.05) is 11.4 Å². The maximum absolute atomic E-state index is 11.8. The summed E-state index contributed by atoms with van der Waals surface area (Å²) in [6, 6.07) is 11.2. The van der Waals surface area contributed by atoms with Gasteiger partial charge in [0.15, 0.2) is 0 Å². The highest BCUT2D eigenvalue weighted by molar-refractivity contribution is 7.16. The molecule has 0 aliphatic carbocycles. The summed E-state index contributed by atoms with van der Waals surface area (Å²) in [4.78, 5) is 13.1. The molecule has 6 heteroatoms. The second kappa shape index (κ2) is 8.02. The van der Waals surface area contributed by atoms with Gasteiger partial charge in [0.05, 0.1) is 23.7 Å². The SMILES string of the molecule is COc1ccccc1NC(=O)CNCCc1ccc(Cl)s1. The van der Waals surface area contributed by atoms with E-state index in [1.165, 1.54) is 4.88 Å². The van der Waals surface area contributed by atoms with Crippen molar-refractivity contribution in [3.8, 4) is 5.75 Å². The molecule has 112 valence electrons. The van der Waals surface area contributed by atoms with Crippen LogP contribution in [0.2, 0.25) is 4.34 Å². The van der Waals surface area contributed by atoms with Crippen LogP contribution in [0.25, 0.3) is 0 Å². The van der Waals surface area contributed by atoms with Gasteiger partial charge in [0.1, 0.15) is 5.75 Å². The number of halogens is 1. The third kappa shape index (κ3) is 5.04. The number of rotatable bonds is 7. The zero-order chi connectivity index (χ0) is 15.1. The van der Waals surface area contributed by atoms with E-state index in [2.05, 4.69) is 10.6 Å². The van der Waals surface area contributed by atoms with Crippen molar-refractivity contribution in [3.05, 3.63) is 45.6 Å². The van der Waals surface area contributed by atoms with E-state index in [-0.39, 0.29) is 12.5 Å². The van der Waals surface area contributed by atoms with Gasteiger partial charge < -0.3 is 15.4 Å². The lowest BCUT2D eigenvalue weighted by Crippen LogP contribution is -2.29. The summed E-state index contributed by atoms with van der Waals surface area (Å²) in [5.41, 5.74) is 0.678. The molecule has 21 heavy (non-hydrogen) atoms. The average Bonchev–Trinajstić information content (AvgIpc) is 2.90. The zero-order valence-corrected chi connectivity index (χ0v) is 13.3. The van der Waals surface area contributed by atoms with Gasteiger partial charge in [-0.1, -0.05) is 23.7 Å². The molecule has 1 aromatic heterocycles. The predicted molar refractivity (Wildman–Crippen MR) is 87.5 cm³/mol. The molecule has 0 unspecified atom stereocenters. The smallest absolute Gasteiger partial charge is 0.238 e. The van der Waals surface area contributed by atoms with E-state index < -0.39 is 0 Å². The number of carbonyl (C=O) groups is 1. The Hall–Kier alpha value is -1.56. The predicted octanol–water partition coefficient (Wildman–Crippen LogP) is 3.18. The molecule has 4 nitrogen and oxygen atoms in total. The molecule has 0 spiro atoms. The minimum absolute atomic E-state index is 0.0938. The van der Waals surface area contributed by atoms with E-state index in [0.29, 0.717) is 11.4 Å². The van der Waals surface area contributed by atoms with E-state index in [9.17, 15) is 4.79 Å². The highest BCUT2D eigenvalue weighted by Crippen LogP contribution is 2.23. The van der Waals surface area contributed by atoms with Crippen molar-refractivity contribution >= 4 is 34.5 Å². The summed E-state index contributed by atoms with van der Waals surface area (Å²) < 4.78 is 5.98. The number of ether oxygens (including phenoxy) is 1. The first-order chi connectivity index (χ1) is 10.2. The van der Waals surface area contributed by atoms with Gasteiger partial charge >= 0.3 is 0 Å². The Kier molecular flexibility index (Phi) is 6.04. The molecular weight excluding hydrogens is 308 g/mol. The van der Waals surface area contributed by atoms with Crippen molar-refractivity contribution < 1.29 is 9.53 Å². The first-order valence-electron chi connectivity index (χ1n) is 6.57. The van der Waals surface area contributed by atoms with Crippen LogP contribution < -0.4 is 15.4 Å². The lowest BCUT2D eigenvalue weighted by atomic mass is 10.3. The van der Waals surface area contributed by atoms with Crippen molar-refractivity contribution in [1.82, 2.24) is 5.32 Å². The van der Waals surface area contributed by atoms with Gasteiger partial charge in [-0.25, -0.2) is 0 Å². The Balaban J connectivity index is 1.72. The summed E-state index contributed by atoms with van der Waals surface area (Å²) >= 11 is 7.43. The summed E-state index contributed by atoms with van der Waals surface area (Å²) in [6.45, 7) is 0.993. The van der Waals surface area contributed by atoms with Crippen molar-refractivity contribution in [2.75, 3.05) is 25.5 Å². The van der Waals surface area contributed by atoms with Gasteiger partial charge in [-0.15, -0.1) is 11.3 Å². The van der Waals surface area contributed by atoms with Gasteiger partial charge in [0.25, 0.3) is 0 Å². The van der Waals surface area contributed by atoms with Crippen LogP contribution in [-0.2, 0) is 11.2 Å². The van der Waals surface area contributed by atoms with Gasteiger partial charge in [-0.2, -0.15) is 0 Å². The molecule has 0 radical (unpaired) electrons. The Morgan fingerprint density at radius 1 is 1.29 bits per heavy atom. The molecule has 0 fully saturated rings. The Morgan fingerprint density at radius 3 is 2.81 bits per heavy atom. The second-order valence-electron chi connectivity index (χ2n) is 4.38. The first kappa shape index (κ1) is 15.8. The summed E-state index contributed by atoms with van der Waals surface area (Å²) in [5, 5.41) is 5.93. The number of thiophene rings is 1. The van der Waals surface area contributed by atoms with Crippen molar-refractivity contribution in [3.63, 3.8) is 0 Å². The van der Waals surface area contributed by atoms with Crippen LogP contribution in [0.4, 0.5) is 5.69 Å². The Morgan fingerprint density at radius 2 is 2.10 bits per heavy atom. The molecule has 0 aliphatic heterocycles. The van der Waals surface area contributed by atoms with Crippen LogP contribution in [0.1, 0.15) is 4.88 Å². The number of carbonyl (C=O) groups excluding carboxylic acids is 1. The molecule has 2 rings (SSSR count). The monoisotopic (exact) mass is 324 g/mol. The van der Waals surface area contributed by atoms with Crippen LogP contribution in [0.5, 0.6) is 5.75 Å². The zero-order valence-electron chi connectivity index (χ0n) is 11.7. The second-order valence-corrected chi connectivity index (χ2v) is 6.18. The fourth-order valence-corrected chi connectivity index (χ4v) is 2.93. The van der Waals surface area contributed by atoms with Gasteiger partial charge in [-0.3, -0.25) is 4.79 Å². The average molecular weight is 325 g/mol. The van der Waals surface area contributed by atoms with Crippen LogP contribution in [0, 0.1) is 0 Å². The van der Waals surface area contributed by atoms with Crippen molar-refractivity contribution in [2.45, 2.75) is 6.42 Å². The highest BCUT2D eigenvalue weighted by Gasteiger charge is 2.06. The van der Waals surface area contributed by atoms with Crippen LogP contribution in [0.3, 0.4) is 0 Å². The third-order valence-corrected chi connectivity index (χ3v) is 4.13. The standard InChI is InChI=1S/C15H17ClN2O2S/c1-20-13-5-3-2-4-12(13)18-15(19)10-17-9-8-11-6-7-14(16)21-11/h2-7,17H,8-10H2,1H3,(H,18,19). The molecule has 2 aromatic rings. The van der Waals surface area contributed by atoms with E-state index in [0.717, 1.165) is 17.3 Å². The number of amides is 1. The van der Waals surface area contributed by atoms with Crippen molar-refractivity contribution in [2.24, 2.45) is 0 Å². The molecule has 0 atom stereocenters. The minimum Gasteiger partial charge on any atom is -0.495 e. The quantitative estimate of drug-likeness (QED) is 0.769. The Labute approximate surface area is 133 Å². The van der Waals surface area contributed by atoms with E-state index in [4.69, 9.17) is 16.3 Å². The largest absolute Gasteiger partial charge is 0.495 e. The number of para-hydroxylation sites is 2. The number of anilines is 1. The van der Waals surface area contributed by atoms with Crippen molar-refractivity contribution in [1.29, 1.82) is 0 Å². The summed E-state index contributed by atoms with van der Waals surface area (Å²) in [6.07, 6.45) is 0.860. The Bertz CT molecular complexity index is 601. The lowest BCUT2D eigenvalue weighted by molar-refractivity contribution is -0.115. The number of hydrogen-bond donors (Lipinski definition) is 2. The van der Waals surface area contributed by atoms with Crippen LogP contribution >= 0.6 is 22.9 Å². The third-order valence-electron chi connectivity index (χ3n) is 2.84. The topological polar surface area (TPSA) is 50.4 Å².